The van der Waals surface area contributed by atoms with E-state index >= 15 is 0 Å². The van der Waals surface area contributed by atoms with Gasteiger partial charge in [-0.05, 0) is 29.2 Å². The van der Waals surface area contributed by atoms with Crippen LogP contribution in [0.25, 0.3) is 10.1 Å². The van der Waals surface area contributed by atoms with E-state index in [0.29, 0.717) is 21.8 Å². The summed E-state index contributed by atoms with van der Waals surface area (Å²) in [5, 5.41) is 0.827. The molecule has 2 aromatic rings. The third kappa shape index (κ3) is 1.50. The molecule has 0 atom stereocenters. The molecule has 2 radical (unpaired) electrons. The molecule has 14 heavy (non-hydrogen) atoms. The molecule has 0 aliphatic heterocycles. The maximum Gasteiger partial charge on any atom is 0.182 e. The molecule has 0 saturated carbocycles. The highest BCUT2D eigenvalue weighted by Gasteiger charge is 2.09. The molecule has 1 nitrogen and oxygen atoms in total. The number of rotatable bonds is 2. The van der Waals surface area contributed by atoms with Gasteiger partial charge in [0.05, 0.1) is 11.3 Å². The Hall–Kier alpha value is -1.03. The van der Waals surface area contributed by atoms with E-state index in [9.17, 15) is 4.39 Å². The maximum absolute atomic E-state index is 13.7. The van der Waals surface area contributed by atoms with Gasteiger partial charge in [-0.25, -0.2) is 4.39 Å². The van der Waals surface area contributed by atoms with Crippen LogP contribution in [0.5, 0.6) is 5.75 Å². The van der Waals surface area contributed by atoms with Crippen molar-refractivity contribution in [1.82, 2.24) is 0 Å². The van der Waals surface area contributed by atoms with Crippen LogP contribution in [-0.4, -0.2) is 14.5 Å². The van der Waals surface area contributed by atoms with Gasteiger partial charge in [-0.1, -0.05) is 6.07 Å². The lowest BCUT2D eigenvalue weighted by Gasteiger charge is -2.03. The highest BCUT2D eigenvalue weighted by molar-refractivity contribution is 7.26. The van der Waals surface area contributed by atoms with E-state index in [2.05, 4.69) is 0 Å². The number of hydrogen-bond acceptors (Lipinski definition) is 2. The molecule has 0 fully saturated rings. The van der Waals surface area contributed by atoms with Crippen LogP contribution in [0.1, 0.15) is 6.92 Å². The van der Waals surface area contributed by atoms with Gasteiger partial charge >= 0.3 is 0 Å². The lowest BCUT2D eigenvalue weighted by Crippen LogP contribution is -1.93. The molecule has 0 spiro atoms. The molecule has 0 N–H and O–H groups in total. The summed E-state index contributed by atoms with van der Waals surface area (Å²) >= 11 is 1.24. The minimum atomic E-state index is -0.314. The summed E-state index contributed by atoms with van der Waals surface area (Å²) in [5.41, 5.74) is 0. The van der Waals surface area contributed by atoms with Crippen LogP contribution < -0.4 is 9.51 Å². The Morgan fingerprint density at radius 1 is 1.50 bits per heavy atom. The van der Waals surface area contributed by atoms with Crippen molar-refractivity contribution >= 4 is 34.0 Å². The van der Waals surface area contributed by atoms with Crippen molar-refractivity contribution in [1.29, 1.82) is 0 Å². The largest absolute Gasteiger partial charge is 0.491 e. The van der Waals surface area contributed by atoms with Crippen molar-refractivity contribution in [2.75, 3.05) is 6.61 Å². The van der Waals surface area contributed by atoms with Crippen molar-refractivity contribution in [3.63, 3.8) is 0 Å². The van der Waals surface area contributed by atoms with Crippen molar-refractivity contribution in [2.24, 2.45) is 0 Å². The summed E-state index contributed by atoms with van der Waals surface area (Å²) in [6.45, 7) is 2.29. The third-order valence-corrected chi connectivity index (χ3v) is 2.88. The van der Waals surface area contributed by atoms with E-state index in [-0.39, 0.29) is 5.82 Å². The zero-order valence-electron chi connectivity index (χ0n) is 7.71. The normalized spacial score (nSPS) is 10.7. The van der Waals surface area contributed by atoms with Gasteiger partial charge < -0.3 is 4.74 Å². The zero-order valence-corrected chi connectivity index (χ0v) is 8.53. The Balaban J connectivity index is 2.61. The molecule has 0 aliphatic rings. The molecule has 0 unspecified atom stereocenters. The summed E-state index contributed by atoms with van der Waals surface area (Å²) < 4.78 is 20.0. The Bertz CT molecular complexity index is 466. The van der Waals surface area contributed by atoms with E-state index in [1.54, 1.807) is 12.1 Å². The van der Waals surface area contributed by atoms with E-state index in [0.717, 1.165) is 5.39 Å². The zero-order chi connectivity index (χ0) is 10.1. The standard InChI is InChI=1S/C10H8BFOS/c1-2-13-7-4-3-6-5-8(11)14-10(6)9(7)12/h3-5H,2H2,1H3. The predicted octanol–water partition coefficient (Wildman–Crippen LogP) is 2.23. The average molecular weight is 206 g/mol. The van der Waals surface area contributed by atoms with Crippen molar-refractivity contribution in [3.8, 4) is 5.75 Å². The smallest absolute Gasteiger partial charge is 0.182 e. The van der Waals surface area contributed by atoms with Crippen molar-refractivity contribution < 1.29 is 9.13 Å². The molecule has 2 rings (SSSR count). The third-order valence-electron chi connectivity index (χ3n) is 1.91. The molecule has 1 aromatic heterocycles. The monoisotopic (exact) mass is 206 g/mol. The number of thiophene rings is 1. The topological polar surface area (TPSA) is 9.23 Å². The van der Waals surface area contributed by atoms with Crippen LogP contribution in [0.2, 0.25) is 0 Å². The molecule has 4 heteroatoms. The van der Waals surface area contributed by atoms with Crippen LogP contribution in [0.4, 0.5) is 4.39 Å². The summed E-state index contributed by atoms with van der Waals surface area (Å²) in [4.78, 5) is 0. The second-order valence-corrected chi connectivity index (χ2v) is 3.96. The van der Waals surface area contributed by atoms with Gasteiger partial charge in [0.1, 0.15) is 7.85 Å². The summed E-state index contributed by atoms with van der Waals surface area (Å²) in [5.74, 6) is -0.0205. The number of halogens is 1. The minimum absolute atomic E-state index is 0.293. The molecule has 70 valence electrons. The first kappa shape index (κ1) is 9.53. The molecule has 0 saturated heterocycles. The first-order chi connectivity index (χ1) is 6.72. The van der Waals surface area contributed by atoms with E-state index < -0.39 is 0 Å². The Kier molecular flexibility index (Phi) is 2.46. The fourth-order valence-corrected chi connectivity index (χ4v) is 2.19. The van der Waals surface area contributed by atoms with Crippen molar-refractivity contribution in [3.05, 3.63) is 24.0 Å². The predicted molar refractivity (Wildman–Crippen MR) is 58.3 cm³/mol. The number of benzene rings is 1. The average Bonchev–Trinajstić information content (AvgIpc) is 2.52. The highest BCUT2D eigenvalue weighted by atomic mass is 32.1. The van der Waals surface area contributed by atoms with Gasteiger partial charge in [0.15, 0.2) is 11.6 Å². The quantitative estimate of drug-likeness (QED) is 0.684. The van der Waals surface area contributed by atoms with Crippen LogP contribution in [0.15, 0.2) is 18.2 Å². The molecule has 1 aromatic carbocycles. The fourth-order valence-electron chi connectivity index (χ4n) is 1.34. The Morgan fingerprint density at radius 2 is 2.29 bits per heavy atom. The number of ether oxygens (including phenoxy) is 1. The van der Waals surface area contributed by atoms with Crippen LogP contribution in [-0.2, 0) is 0 Å². The van der Waals surface area contributed by atoms with Gasteiger partial charge in [0, 0.05) is 0 Å². The molecule has 0 amide bonds. The number of hydrogen-bond donors (Lipinski definition) is 0. The SMILES string of the molecule is [B]c1cc2ccc(OCC)c(F)c2s1. The van der Waals surface area contributed by atoms with Crippen molar-refractivity contribution in [2.45, 2.75) is 6.92 Å². The first-order valence-corrected chi connectivity index (χ1v) is 5.14. The van der Waals surface area contributed by atoms with E-state index in [1.165, 1.54) is 11.3 Å². The molecule has 1 heterocycles. The second-order valence-electron chi connectivity index (χ2n) is 2.88. The van der Waals surface area contributed by atoms with Crippen LogP contribution in [0, 0.1) is 5.82 Å². The van der Waals surface area contributed by atoms with Crippen LogP contribution in [0.3, 0.4) is 0 Å². The van der Waals surface area contributed by atoms with Gasteiger partial charge in [0.25, 0.3) is 0 Å². The summed E-state index contributed by atoms with van der Waals surface area (Å²) in [6, 6.07) is 5.21. The molecule has 0 bridgehead atoms. The summed E-state index contributed by atoms with van der Waals surface area (Å²) in [7, 11) is 5.59. The lowest BCUT2D eigenvalue weighted by atomic mass is 10.1. The molecular formula is C10H8BFOS. The van der Waals surface area contributed by atoms with Crippen LogP contribution >= 0.6 is 11.3 Å². The lowest BCUT2D eigenvalue weighted by molar-refractivity contribution is 0.323. The summed E-state index contributed by atoms with van der Waals surface area (Å²) in [6.07, 6.45) is 0. The van der Waals surface area contributed by atoms with Gasteiger partial charge in [-0.2, -0.15) is 0 Å². The first-order valence-electron chi connectivity index (χ1n) is 4.32. The fraction of sp³-hybridized carbons (Fsp3) is 0.200. The van der Waals surface area contributed by atoms with Gasteiger partial charge in [-0.15, -0.1) is 11.3 Å². The Labute approximate surface area is 86.9 Å². The van der Waals surface area contributed by atoms with Gasteiger partial charge in [-0.3, -0.25) is 0 Å². The number of fused-ring (bicyclic) bond motifs is 1. The minimum Gasteiger partial charge on any atom is -0.491 e. The maximum atomic E-state index is 13.7. The second kappa shape index (κ2) is 3.61. The highest BCUT2D eigenvalue weighted by Crippen LogP contribution is 2.28. The van der Waals surface area contributed by atoms with E-state index in [4.69, 9.17) is 12.6 Å². The molecule has 0 aliphatic carbocycles. The van der Waals surface area contributed by atoms with Gasteiger partial charge in [0.2, 0.25) is 0 Å². The van der Waals surface area contributed by atoms with E-state index in [1.807, 2.05) is 13.0 Å². The Morgan fingerprint density at radius 3 is 3.00 bits per heavy atom. The molecular weight excluding hydrogens is 198 g/mol.